The van der Waals surface area contributed by atoms with Gasteiger partial charge in [0.25, 0.3) is 5.91 Å². The Hall–Kier alpha value is -1.43. The first-order valence-corrected chi connectivity index (χ1v) is 5.27. The van der Waals surface area contributed by atoms with Gasteiger partial charge in [0.1, 0.15) is 11.7 Å². The third-order valence-corrected chi connectivity index (χ3v) is 2.25. The fourth-order valence-corrected chi connectivity index (χ4v) is 1.36. The minimum Gasteiger partial charge on any atom is -0.370 e. The van der Waals surface area contributed by atoms with E-state index in [-0.39, 0.29) is 18.6 Å². The third kappa shape index (κ3) is 5.45. The number of carbonyl (C=O) groups excluding carboxylic acids is 3. The fourth-order valence-electron chi connectivity index (χ4n) is 1.36. The highest BCUT2D eigenvalue weighted by molar-refractivity contribution is 6.03. The number of amides is 2. The van der Waals surface area contributed by atoms with Crippen LogP contribution in [-0.2, 0) is 14.4 Å². The van der Waals surface area contributed by atoms with Gasteiger partial charge >= 0.3 is 0 Å². The molecule has 16 heavy (non-hydrogen) atoms. The van der Waals surface area contributed by atoms with Gasteiger partial charge in [0.2, 0.25) is 5.91 Å². The van der Waals surface area contributed by atoms with Crippen LogP contribution in [0.3, 0.4) is 0 Å². The van der Waals surface area contributed by atoms with E-state index >= 15 is 0 Å². The van der Waals surface area contributed by atoms with Crippen LogP contribution in [0.4, 0.5) is 0 Å². The van der Waals surface area contributed by atoms with E-state index in [1.807, 2.05) is 6.92 Å². The SMILES string of the molecule is CCCCCC(=O)C(CC(N)=O)C(=O)NO. The predicted octanol–water partition coefficient (Wildman–Crippen LogP) is 0.133. The van der Waals surface area contributed by atoms with Crippen molar-refractivity contribution in [3.05, 3.63) is 0 Å². The molecule has 0 aliphatic heterocycles. The number of hydrogen-bond acceptors (Lipinski definition) is 4. The van der Waals surface area contributed by atoms with Crippen molar-refractivity contribution in [3.63, 3.8) is 0 Å². The lowest BCUT2D eigenvalue weighted by Crippen LogP contribution is -2.36. The zero-order valence-electron chi connectivity index (χ0n) is 9.36. The second-order valence-corrected chi connectivity index (χ2v) is 3.62. The van der Waals surface area contributed by atoms with Gasteiger partial charge in [-0.25, -0.2) is 5.48 Å². The molecule has 0 aromatic heterocycles. The summed E-state index contributed by atoms with van der Waals surface area (Å²) in [5, 5.41) is 8.43. The van der Waals surface area contributed by atoms with Crippen LogP contribution >= 0.6 is 0 Å². The van der Waals surface area contributed by atoms with Gasteiger partial charge in [-0.05, 0) is 6.42 Å². The lowest BCUT2D eigenvalue weighted by Gasteiger charge is -2.11. The molecule has 0 aromatic carbocycles. The van der Waals surface area contributed by atoms with Gasteiger partial charge in [0.05, 0.1) is 0 Å². The first kappa shape index (κ1) is 14.6. The van der Waals surface area contributed by atoms with Gasteiger partial charge in [0, 0.05) is 12.8 Å². The lowest BCUT2D eigenvalue weighted by molar-refractivity contribution is -0.142. The molecule has 0 spiro atoms. The van der Waals surface area contributed by atoms with Gasteiger partial charge in [-0.1, -0.05) is 19.8 Å². The number of rotatable bonds is 8. The molecule has 4 N–H and O–H groups in total. The van der Waals surface area contributed by atoms with Crippen molar-refractivity contribution < 1.29 is 19.6 Å². The van der Waals surface area contributed by atoms with E-state index in [0.717, 1.165) is 12.8 Å². The van der Waals surface area contributed by atoms with Crippen molar-refractivity contribution in [1.29, 1.82) is 0 Å². The van der Waals surface area contributed by atoms with E-state index < -0.39 is 17.7 Å². The molecule has 0 rings (SSSR count). The average molecular weight is 230 g/mol. The molecule has 0 radical (unpaired) electrons. The molecule has 0 saturated carbocycles. The second-order valence-electron chi connectivity index (χ2n) is 3.62. The Morgan fingerprint density at radius 2 is 1.94 bits per heavy atom. The number of primary amides is 1. The number of nitrogens with two attached hydrogens (primary N) is 1. The Labute approximate surface area is 94.1 Å². The number of hydroxylamine groups is 1. The van der Waals surface area contributed by atoms with Crippen LogP contribution in [0.1, 0.15) is 39.0 Å². The molecule has 0 saturated heterocycles. The number of nitrogens with one attached hydrogen (secondary N) is 1. The van der Waals surface area contributed by atoms with Gasteiger partial charge in [0.15, 0.2) is 0 Å². The summed E-state index contributed by atoms with van der Waals surface area (Å²) in [6, 6.07) is 0. The van der Waals surface area contributed by atoms with E-state index in [4.69, 9.17) is 10.9 Å². The summed E-state index contributed by atoms with van der Waals surface area (Å²) >= 11 is 0. The summed E-state index contributed by atoms with van der Waals surface area (Å²) in [4.78, 5) is 33.4. The van der Waals surface area contributed by atoms with Gasteiger partial charge in [-0.3, -0.25) is 19.6 Å². The predicted molar refractivity (Wildman–Crippen MR) is 56.4 cm³/mol. The van der Waals surface area contributed by atoms with Crippen LogP contribution < -0.4 is 11.2 Å². The zero-order valence-corrected chi connectivity index (χ0v) is 9.36. The molecule has 6 nitrogen and oxygen atoms in total. The van der Waals surface area contributed by atoms with Crippen LogP contribution in [0.25, 0.3) is 0 Å². The summed E-state index contributed by atoms with van der Waals surface area (Å²) in [6.07, 6.45) is 2.37. The number of Topliss-reactive ketones (excluding diaryl/α,β-unsaturated/α-hetero) is 1. The van der Waals surface area contributed by atoms with Gasteiger partial charge in [-0.2, -0.15) is 0 Å². The number of ketones is 1. The van der Waals surface area contributed by atoms with Crippen LogP contribution in [0, 0.1) is 5.92 Å². The Morgan fingerprint density at radius 1 is 1.31 bits per heavy atom. The van der Waals surface area contributed by atoms with Crippen LogP contribution in [0.2, 0.25) is 0 Å². The third-order valence-electron chi connectivity index (χ3n) is 2.25. The molecule has 6 heteroatoms. The van der Waals surface area contributed by atoms with Crippen LogP contribution in [-0.4, -0.2) is 22.8 Å². The molecule has 92 valence electrons. The molecule has 0 aliphatic rings. The molecule has 0 fully saturated rings. The van der Waals surface area contributed by atoms with Gasteiger partial charge in [-0.15, -0.1) is 0 Å². The number of carbonyl (C=O) groups is 3. The molecular formula is C10H18N2O4. The average Bonchev–Trinajstić information content (AvgIpc) is 2.24. The zero-order chi connectivity index (χ0) is 12.6. The normalized spacial score (nSPS) is 11.9. The summed E-state index contributed by atoms with van der Waals surface area (Å²) in [5.74, 6) is -3.14. The standard InChI is InChI=1S/C10H18N2O4/c1-2-3-4-5-8(13)7(6-9(11)14)10(15)12-16/h7,16H,2-6H2,1H3,(H2,11,14)(H,12,15). The number of hydrogen-bond donors (Lipinski definition) is 3. The van der Waals surface area contributed by atoms with E-state index in [0.29, 0.717) is 6.42 Å². The molecule has 0 aliphatic carbocycles. The van der Waals surface area contributed by atoms with Crippen molar-refractivity contribution >= 4 is 17.6 Å². The number of unbranched alkanes of at least 4 members (excludes halogenated alkanes) is 2. The Balaban J connectivity index is 4.32. The minimum atomic E-state index is -1.17. The highest BCUT2D eigenvalue weighted by Gasteiger charge is 2.27. The Bertz CT molecular complexity index is 266. The molecule has 0 bridgehead atoms. The van der Waals surface area contributed by atoms with E-state index in [2.05, 4.69) is 0 Å². The first-order chi connectivity index (χ1) is 7.52. The van der Waals surface area contributed by atoms with E-state index in [9.17, 15) is 14.4 Å². The van der Waals surface area contributed by atoms with Gasteiger partial charge < -0.3 is 5.73 Å². The van der Waals surface area contributed by atoms with Crippen molar-refractivity contribution in [1.82, 2.24) is 5.48 Å². The monoisotopic (exact) mass is 230 g/mol. The maximum absolute atomic E-state index is 11.6. The first-order valence-electron chi connectivity index (χ1n) is 5.27. The fraction of sp³-hybridized carbons (Fsp3) is 0.700. The topological polar surface area (TPSA) is 109 Å². The summed E-state index contributed by atoms with van der Waals surface area (Å²) in [6.45, 7) is 1.99. The maximum Gasteiger partial charge on any atom is 0.254 e. The van der Waals surface area contributed by atoms with E-state index in [1.165, 1.54) is 5.48 Å². The summed E-state index contributed by atoms with van der Waals surface area (Å²) < 4.78 is 0. The lowest BCUT2D eigenvalue weighted by atomic mass is 9.95. The summed E-state index contributed by atoms with van der Waals surface area (Å²) in [7, 11) is 0. The molecular weight excluding hydrogens is 212 g/mol. The highest BCUT2D eigenvalue weighted by atomic mass is 16.5. The molecule has 1 unspecified atom stereocenters. The highest BCUT2D eigenvalue weighted by Crippen LogP contribution is 2.11. The van der Waals surface area contributed by atoms with Crippen molar-refractivity contribution in [2.75, 3.05) is 0 Å². The smallest absolute Gasteiger partial charge is 0.254 e. The van der Waals surface area contributed by atoms with Crippen molar-refractivity contribution in [2.24, 2.45) is 11.7 Å². The second kappa shape index (κ2) is 7.81. The Morgan fingerprint density at radius 3 is 2.38 bits per heavy atom. The molecule has 1 atom stereocenters. The van der Waals surface area contributed by atoms with Crippen LogP contribution in [0.5, 0.6) is 0 Å². The molecule has 0 heterocycles. The Kier molecular flexibility index (Phi) is 7.11. The minimum absolute atomic E-state index is 0.221. The largest absolute Gasteiger partial charge is 0.370 e. The molecule has 0 aromatic rings. The van der Waals surface area contributed by atoms with Crippen molar-refractivity contribution in [3.8, 4) is 0 Å². The quantitative estimate of drug-likeness (QED) is 0.238. The van der Waals surface area contributed by atoms with Crippen LogP contribution in [0.15, 0.2) is 0 Å². The molecule has 2 amide bonds. The summed E-state index contributed by atoms with van der Waals surface area (Å²) in [5.41, 5.74) is 6.30. The van der Waals surface area contributed by atoms with Crippen molar-refractivity contribution in [2.45, 2.75) is 39.0 Å². The maximum atomic E-state index is 11.6. The van der Waals surface area contributed by atoms with E-state index in [1.54, 1.807) is 0 Å².